The van der Waals surface area contributed by atoms with Crippen molar-refractivity contribution in [1.29, 1.82) is 0 Å². The molecule has 2 bridgehead atoms. The molecule has 1 N–H and O–H groups in total. The maximum absolute atomic E-state index is 14.7. The van der Waals surface area contributed by atoms with Crippen LogP contribution in [0.25, 0.3) is 0 Å². The molecule has 8 nitrogen and oxygen atoms in total. The van der Waals surface area contributed by atoms with E-state index < -0.39 is 29.1 Å². The van der Waals surface area contributed by atoms with Crippen molar-refractivity contribution < 1.29 is 24.2 Å². The molecule has 44 heavy (non-hydrogen) atoms. The number of aliphatic hydroxyl groups is 1. The number of benzene rings is 2. The molecule has 5 atom stereocenters. The van der Waals surface area contributed by atoms with Gasteiger partial charge in [0.05, 0.1) is 17.4 Å². The van der Waals surface area contributed by atoms with Crippen molar-refractivity contribution >= 4 is 23.4 Å². The number of likely N-dealkylation sites (tertiary alicyclic amines) is 1. The topological polar surface area (TPSA) is 90.4 Å². The van der Waals surface area contributed by atoms with Gasteiger partial charge in [-0.2, -0.15) is 0 Å². The highest BCUT2D eigenvalue weighted by atomic mass is 16.5. The van der Waals surface area contributed by atoms with Gasteiger partial charge in [-0.1, -0.05) is 67.6 Å². The van der Waals surface area contributed by atoms with Crippen molar-refractivity contribution in [3.63, 3.8) is 0 Å². The number of para-hydroxylation sites is 1. The van der Waals surface area contributed by atoms with Crippen molar-refractivity contribution in [3.8, 4) is 0 Å². The zero-order chi connectivity index (χ0) is 31.3. The number of nitrogens with zero attached hydrogens (tertiary/aromatic N) is 3. The summed E-state index contributed by atoms with van der Waals surface area (Å²) in [6.07, 6.45) is 7.08. The van der Waals surface area contributed by atoms with Gasteiger partial charge in [-0.25, -0.2) is 0 Å². The Morgan fingerprint density at radius 3 is 2.30 bits per heavy atom. The Bertz CT molecular complexity index is 1350. The monoisotopic (exact) mass is 599 g/mol. The molecule has 3 fully saturated rings. The van der Waals surface area contributed by atoms with E-state index >= 15 is 0 Å². The van der Waals surface area contributed by atoms with Gasteiger partial charge in [0.1, 0.15) is 11.6 Å². The van der Waals surface area contributed by atoms with Crippen molar-refractivity contribution in [2.75, 3.05) is 31.1 Å². The molecule has 0 aromatic heterocycles. The highest BCUT2D eigenvalue weighted by Gasteiger charge is 2.79. The summed E-state index contributed by atoms with van der Waals surface area (Å²) in [7, 11) is 0. The number of rotatable bonds is 15. The van der Waals surface area contributed by atoms with Crippen LogP contribution in [0.2, 0.25) is 0 Å². The Kier molecular flexibility index (Phi) is 9.71. The number of carbonyl (C=O) groups is 3. The Labute approximate surface area is 261 Å². The lowest BCUT2D eigenvalue weighted by atomic mass is 9.64. The Morgan fingerprint density at radius 2 is 1.66 bits per heavy atom. The number of fused-ring (bicyclic) bond motifs is 1. The van der Waals surface area contributed by atoms with Crippen molar-refractivity contribution in [1.82, 2.24) is 9.80 Å². The fraction of sp³-hybridized carbons (Fsp3) is 0.472. The molecule has 8 heteroatoms. The summed E-state index contributed by atoms with van der Waals surface area (Å²) in [6, 6.07) is 18.4. The second-order valence-electron chi connectivity index (χ2n) is 12.2. The zero-order valence-corrected chi connectivity index (χ0v) is 25.8. The van der Waals surface area contributed by atoms with Crippen LogP contribution in [-0.2, 0) is 25.7 Å². The van der Waals surface area contributed by atoms with E-state index in [1.165, 1.54) is 0 Å². The lowest BCUT2D eigenvalue weighted by Crippen LogP contribution is -2.56. The fourth-order valence-corrected chi connectivity index (χ4v) is 7.78. The number of hydrogen-bond donors (Lipinski definition) is 1. The third-order valence-corrected chi connectivity index (χ3v) is 9.76. The number of anilines is 1. The molecule has 2 unspecified atom stereocenters. The summed E-state index contributed by atoms with van der Waals surface area (Å²) in [5, 5.41) is 9.36. The summed E-state index contributed by atoms with van der Waals surface area (Å²) in [5.74, 6) is -2.04. The molecular weight excluding hydrogens is 554 g/mol. The molecule has 3 heterocycles. The van der Waals surface area contributed by atoms with Crippen LogP contribution in [0, 0.1) is 11.8 Å². The maximum atomic E-state index is 14.7. The lowest BCUT2D eigenvalue weighted by molar-refractivity contribution is -0.153. The van der Waals surface area contributed by atoms with Gasteiger partial charge in [0.25, 0.3) is 0 Å². The molecule has 234 valence electrons. The summed E-state index contributed by atoms with van der Waals surface area (Å²) < 4.78 is 7.01. The molecule has 3 aliphatic rings. The molecule has 1 spiro atoms. The van der Waals surface area contributed by atoms with Gasteiger partial charge in [-0.15, -0.1) is 13.2 Å². The van der Waals surface area contributed by atoms with Crippen LogP contribution in [0.3, 0.4) is 0 Å². The Morgan fingerprint density at radius 1 is 0.977 bits per heavy atom. The molecule has 3 saturated heterocycles. The minimum absolute atomic E-state index is 0.0738. The predicted octanol–water partition coefficient (Wildman–Crippen LogP) is 4.74. The van der Waals surface area contributed by atoms with Crippen molar-refractivity contribution in [2.45, 2.75) is 69.2 Å². The molecule has 2 aromatic carbocycles. The Hall–Kier alpha value is -3.75. The number of aliphatic hydroxyl groups excluding tert-OH is 1. The third-order valence-electron chi connectivity index (χ3n) is 9.76. The molecule has 0 aliphatic carbocycles. The van der Waals surface area contributed by atoms with E-state index in [-0.39, 0.29) is 24.3 Å². The smallest absolute Gasteiger partial charge is 0.248 e. The van der Waals surface area contributed by atoms with Crippen molar-refractivity contribution in [2.24, 2.45) is 11.8 Å². The first-order valence-electron chi connectivity index (χ1n) is 15.9. The van der Waals surface area contributed by atoms with Crippen LogP contribution in [-0.4, -0.2) is 76.1 Å². The molecule has 0 saturated carbocycles. The van der Waals surface area contributed by atoms with Gasteiger partial charge in [-0.3, -0.25) is 14.4 Å². The summed E-state index contributed by atoms with van der Waals surface area (Å²) in [4.78, 5) is 49.0. The second kappa shape index (κ2) is 13.5. The van der Waals surface area contributed by atoms with Crippen LogP contribution < -0.4 is 4.90 Å². The number of ether oxygens (including phenoxy) is 1. The van der Waals surface area contributed by atoms with Gasteiger partial charge < -0.3 is 24.5 Å². The maximum Gasteiger partial charge on any atom is 0.248 e. The molecule has 2 aromatic rings. The van der Waals surface area contributed by atoms with Crippen LogP contribution in [0.15, 0.2) is 86.0 Å². The summed E-state index contributed by atoms with van der Waals surface area (Å²) >= 11 is 0. The van der Waals surface area contributed by atoms with E-state index in [1.54, 1.807) is 26.9 Å². The largest absolute Gasteiger partial charge is 0.396 e. The SMILES string of the molecule is C=CCN(Cc1ccccc1)C(=O)C1N(CCCCCO)C(=O)[C@@H]2[C@@H](C(=O)N(CC=C)c3ccccc3)[C@@]3(CC)CCC12O3. The predicted molar refractivity (Wildman–Crippen MR) is 171 cm³/mol. The average Bonchev–Trinajstić information content (AvgIpc) is 3.65. The first-order valence-corrected chi connectivity index (χ1v) is 15.9. The van der Waals surface area contributed by atoms with Gasteiger partial charge >= 0.3 is 0 Å². The number of amides is 3. The van der Waals surface area contributed by atoms with Crippen LogP contribution in [0.1, 0.15) is 51.0 Å². The van der Waals surface area contributed by atoms with Gasteiger partial charge in [0.15, 0.2) is 0 Å². The number of unbranched alkanes of at least 4 members (excludes halogenated alkanes) is 2. The molecule has 3 aliphatic heterocycles. The number of hydrogen-bond acceptors (Lipinski definition) is 5. The van der Waals surface area contributed by atoms with E-state index in [4.69, 9.17) is 4.74 Å². The highest BCUT2D eigenvalue weighted by Crippen LogP contribution is 2.64. The van der Waals surface area contributed by atoms with Gasteiger partial charge in [0.2, 0.25) is 17.7 Å². The van der Waals surface area contributed by atoms with Crippen LogP contribution in [0.5, 0.6) is 0 Å². The molecule has 5 rings (SSSR count). The van der Waals surface area contributed by atoms with E-state index in [0.717, 1.165) is 17.7 Å². The first-order chi connectivity index (χ1) is 21.4. The minimum Gasteiger partial charge on any atom is -0.396 e. The normalized spacial score (nSPS) is 26.8. The van der Waals surface area contributed by atoms with Crippen LogP contribution in [0.4, 0.5) is 5.69 Å². The van der Waals surface area contributed by atoms with Crippen LogP contribution >= 0.6 is 0 Å². The van der Waals surface area contributed by atoms with Gasteiger partial charge in [0, 0.05) is 38.5 Å². The van der Waals surface area contributed by atoms with E-state index in [2.05, 4.69) is 13.2 Å². The van der Waals surface area contributed by atoms with E-state index in [9.17, 15) is 19.5 Å². The van der Waals surface area contributed by atoms with E-state index in [0.29, 0.717) is 58.3 Å². The zero-order valence-electron chi connectivity index (χ0n) is 25.8. The number of carbonyl (C=O) groups excluding carboxylic acids is 3. The summed E-state index contributed by atoms with van der Waals surface area (Å²) in [6.45, 7) is 11.2. The third kappa shape index (κ3) is 5.50. The molecule has 3 amide bonds. The average molecular weight is 600 g/mol. The highest BCUT2D eigenvalue weighted by molar-refractivity contribution is 6.03. The van der Waals surface area contributed by atoms with Crippen molar-refractivity contribution in [3.05, 3.63) is 91.5 Å². The quantitative estimate of drug-likeness (QED) is 0.236. The minimum atomic E-state index is -1.10. The molecular formula is C36H45N3O5. The van der Waals surface area contributed by atoms with Gasteiger partial charge in [-0.05, 0) is 56.2 Å². The molecule has 0 radical (unpaired) electrons. The Balaban J connectivity index is 1.56. The lowest BCUT2D eigenvalue weighted by Gasteiger charge is -2.37. The van der Waals surface area contributed by atoms with E-state index in [1.807, 2.05) is 67.6 Å². The fourth-order valence-electron chi connectivity index (χ4n) is 7.78. The summed E-state index contributed by atoms with van der Waals surface area (Å²) in [5.41, 5.74) is -0.225. The first kappa shape index (κ1) is 31.7. The second-order valence-corrected chi connectivity index (χ2v) is 12.2. The standard InChI is InChI=1S/C36H45N3O5/c1-4-22-37(26-27-16-10-7-11-17-27)34(43)31-36-21-20-35(6-3,44-36)29(30(36)33(42)39(31)24-14-9-15-25-40)32(41)38(23-5-2)28-18-12-8-13-19-28/h4-5,7-8,10-13,16-19,29-31,40H,1-2,6,9,14-15,20-26H2,3H3/t29-,30-,31?,35+,36?/m0/s1.